The van der Waals surface area contributed by atoms with Gasteiger partial charge in [-0.25, -0.2) is 0 Å². The summed E-state index contributed by atoms with van der Waals surface area (Å²) >= 11 is 0. The third kappa shape index (κ3) is 3.97. The second kappa shape index (κ2) is 7.64. The fraction of sp³-hybridized carbons (Fsp3) is 0.174. The average Bonchev–Trinajstić information content (AvgIpc) is 2.66. The molecule has 3 heteroatoms. The highest BCUT2D eigenvalue weighted by Gasteiger charge is 2.25. The number of benzene rings is 2. The summed E-state index contributed by atoms with van der Waals surface area (Å²) in [7, 11) is 0. The number of allylic oxidation sites excluding steroid dienone is 2. The Morgan fingerprint density at radius 1 is 0.808 bits per heavy atom. The van der Waals surface area contributed by atoms with E-state index in [4.69, 9.17) is 10.5 Å². The lowest BCUT2D eigenvalue weighted by atomic mass is 9.80. The van der Waals surface area contributed by atoms with Crippen molar-refractivity contribution in [1.29, 1.82) is 10.5 Å². The van der Waals surface area contributed by atoms with Crippen LogP contribution < -0.4 is 0 Å². The Morgan fingerprint density at radius 2 is 1.19 bits per heavy atom. The first kappa shape index (κ1) is 17.4. The molecule has 0 N–H and O–H groups in total. The summed E-state index contributed by atoms with van der Waals surface area (Å²) in [5.74, 6) is 0.471. The van der Waals surface area contributed by atoms with E-state index in [0.29, 0.717) is 17.0 Å². The predicted molar refractivity (Wildman–Crippen MR) is 102 cm³/mol. The van der Waals surface area contributed by atoms with Crippen LogP contribution in [-0.4, -0.2) is 5.78 Å². The molecule has 1 fully saturated rings. The van der Waals surface area contributed by atoms with Crippen LogP contribution in [0.3, 0.4) is 0 Å². The van der Waals surface area contributed by atoms with Gasteiger partial charge in [0.15, 0.2) is 5.78 Å². The van der Waals surface area contributed by atoms with Crippen molar-refractivity contribution in [1.82, 2.24) is 0 Å². The lowest BCUT2D eigenvalue weighted by Crippen LogP contribution is -2.18. The van der Waals surface area contributed by atoms with Crippen molar-refractivity contribution in [3.05, 3.63) is 81.9 Å². The molecule has 0 radical (unpaired) electrons. The number of nitrogens with zero attached hydrogens (tertiary/aromatic N) is 2. The summed E-state index contributed by atoms with van der Waals surface area (Å²) in [5, 5.41) is 17.8. The number of Topliss-reactive ketones (excluding diaryl/α,β-unsaturated/α-hetero) is 1. The molecule has 1 unspecified atom stereocenters. The van der Waals surface area contributed by atoms with Crippen molar-refractivity contribution < 1.29 is 4.79 Å². The van der Waals surface area contributed by atoms with Crippen molar-refractivity contribution in [2.75, 3.05) is 0 Å². The van der Waals surface area contributed by atoms with E-state index >= 15 is 0 Å². The van der Waals surface area contributed by atoms with E-state index in [1.807, 2.05) is 36.4 Å². The van der Waals surface area contributed by atoms with Gasteiger partial charge in [-0.1, -0.05) is 31.2 Å². The van der Waals surface area contributed by atoms with Gasteiger partial charge in [-0.3, -0.25) is 4.79 Å². The van der Waals surface area contributed by atoms with Crippen LogP contribution in [0.25, 0.3) is 12.2 Å². The van der Waals surface area contributed by atoms with E-state index in [-0.39, 0.29) is 5.78 Å². The molecule has 126 valence electrons. The summed E-state index contributed by atoms with van der Waals surface area (Å²) < 4.78 is 0. The lowest BCUT2D eigenvalue weighted by Gasteiger charge is -2.22. The molecule has 2 aromatic rings. The predicted octanol–water partition coefficient (Wildman–Crippen LogP) is 4.90. The Labute approximate surface area is 153 Å². The number of carbonyl (C=O) groups excluding carboxylic acids is 1. The molecule has 2 aromatic carbocycles. The molecule has 0 spiro atoms. The number of hydrogen-bond donors (Lipinski definition) is 0. The highest BCUT2D eigenvalue weighted by molar-refractivity contribution is 6.14. The molecule has 1 aliphatic rings. The molecular weight excluding hydrogens is 320 g/mol. The van der Waals surface area contributed by atoms with Crippen LogP contribution in [0.1, 0.15) is 42.0 Å². The van der Waals surface area contributed by atoms with E-state index in [1.165, 1.54) is 0 Å². The van der Waals surface area contributed by atoms with Crippen LogP contribution in [0, 0.1) is 28.6 Å². The maximum atomic E-state index is 12.9. The molecule has 0 aliphatic heterocycles. The number of carbonyl (C=O) groups is 1. The van der Waals surface area contributed by atoms with E-state index in [1.54, 1.807) is 24.3 Å². The van der Waals surface area contributed by atoms with Gasteiger partial charge < -0.3 is 0 Å². The van der Waals surface area contributed by atoms with Gasteiger partial charge >= 0.3 is 0 Å². The minimum atomic E-state index is 0.0804. The molecule has 1 atom stereocenters. The van der Waals surface area contributed by atoms with Crippen molar-refractivity contribution in [3.63, 3.8) is 0 Å². The molecule has 3 nitrogen and oxygen atoms in total. The normalized spacial score (nSPS) is 20.0. The molecule has 0 bridgehead atoms. The van der Waals surface area contributed by atoms with Crippen molar-refractivity contribution in [2.24, 2.45) is 5.92 Å². The van der Waals surface area contributed by atoms with Crippen LogP contribution in [0.5, 0.6) is 0 Å². The van der Waals surface area contributed by atoms with Crippen LogP contribution in [0.15, 0.2) is 59.7 Å². The summed E-state index contributed by atoms with van der Waals surface area (Å²) in [6.45, 7) is 2.14. The van der Waals surface area contributed by atoms with Crippen molar-refractivity contribution in [2.45, 2.75) is 19.8 Å². The molecule has 0 heterocycles. The Morgan fingerprint density at radius 3 is 1.54 bits per heavy atom. The highest BCUT2D eigenvalue weighted by atomic mass is 16.1. The molecule has 26 heavy (non-hydrogen) atoms. The van der Waals surface area contributed by atoms with Gasteiger partial charge in [-0.2, -0.15) is 10.5 Å². The van der Waals surface area contributed by atoms with E-state index in [9.17, 15) is 4.79 Å². The average molecular weight is 338 g/mol. The quantitative estimate of drug-likeness (QED) is 0.732. The summed E-state index contributed by atoms with van der Waals surface area (Å²) in [5.41, 5.74) is 4.67. The summed E-state index contributed by atoms with van der Waals surface area (Å²) in [4.78, 5) is 12.9. The zero-order valence-corrected chi connectivity index (χ0v) is 14.6. The van der Waals surface area contributed by atoms with Gasteiger partial charge in [0.1, 0.15) is 0 Å². The zero-order chi connectivity index (χ0) is 18.5. The Balaban J connectivity index is 1.89. The first-order valence-electron chi connectivity index (χ1n) is 8.55. The smallest absolute Gasteiger partial charge is 0.185 e. The third-order valence-electron chi connectivity index (χ3n) is 4.48. The van der Waals surface area contributed by atoms with Crippen molar-refractivity contribution >= 4 is 17.9 Å². The minimum absolute atomic E-state index is 0.0804. The van der Waals surface area contributed by atoms with E-state index in [2.05, 4.69) is 19.1 Å². The van der Waals surface area contributed by atoms with Gasteiger partial charge in [0.25, 0.3) is 0 Å². The van der Waals surface area contributed by atoms with Crippen molar-refractivity contribution in [3.8, 4) is 12.1 Å². The first-order valence-corrected chi connectivity index (χ1v) is 8.55. The molecule has 0 amide bonds. The van der Waals surface area contributed by atoms with Crippen LogP contribution >= 0.6 is 0 Å². The van der Waals surface area contributed by atoms with Crippen LogP contribution in [0.2, 0.25) is 0 Å². The third-order valence-corrected chi connectivity index (χ3v) is 4.48. The van der Waals surface area contributed by atoms with Gasteiger partial charge in [-0.05, 0) is 66.3 Å². The Bertz CT molecular complexity index is 885. The van der Waals surface area contributed by atoms with Crippen LogP contribution in [0.4, 0.5) is 0 Å². The van der Waals surface area contributed by atoms with Gasteiger partial charge in [-0.15, -0.1) is 0 Å². The number of rotatable bonds is 2. The number of ketones is 1. The maximum absolute atomic E-state index is 12.9. The molecule has 0 saturated heterocycles. The standard InChI is InChI=1S/C23H18N2O/c1-16-10-21(12-17-2-6-19(14-24)7-3-17)23(26)22(11-16)13-18-4-8-20(15-25)9-5-18/h2-9,12-13,16H,10-11H2,1H3/b21-12-,22-13+. The second-order valence-electron chi connectivity index (χ2n) is 6.65. The molecular formula is C23H18N2O. The van der Waals surface area contributed by atoms with E-state index in [0.717, 1.165) is 35.1 Å². The monoisotopic (exact) mass is 338 g/mol. The maximum Gasteiger partial charge on any atom is 0.185 e. The van der Waals surface area contributed by atoms with E-state index < -0.39 is 0 Å². The van der Waals surface area contributed by atoms with Gasteiger partial charge in [0.05, 0.1) is 23.3 Å². The topological polar surface area (TPSA) is 64.7 Å². The second-order valence-corrected chi connectivity index (χ2v) is 6.65. The van der Waals surface area contributed by atoms with Crippen LogP contribution in [-0.2, 0) is 4.79 Å². The van der Waals surface area contributed by atoms with Gasteiger partial charge in [0.2, 0.25) is 0 Å². The first-order chi connectivity index (χ1) is 12.6. The molecule has 0 aromatic heterocycles. The SMILES string of the molecule is CC1C/C(=C/c2ccc(C#N)cc2)C(=O)/C(=C/c2ccc(C#N)cc2)C1. The molecule has 1 aliphatic carbocycles. The minimum Gasteiger partial charge on any atom is -0.289 e. The lowest BCUT2D eigenvalue weighted by molar-refractivity contribution is -0.113. The Kier molecular flexibility index (Phi) is 5.11. The number of hydrogen-bond acceptors (Lipinski definition) is 3. The fourth-order valence-electron chi connectivity index (χ4n) is 3.17. The number of nitriles is 2. The summed E-state index contributed by atoms with van der Waals surface area (Å²) in [6.07, 6.45) is 5.35. The molecule has 3 rings (SSSR count). The zero-order valence-electron chi connectivity index (χ0n) is 14.6. The van der Waals surface area contributed by atoms with Gasteiger partial charge in [0, 0.05) is 11.1 Å². The molecule has 1 saturated carbocycles. The summed E-state index contributed by atoms with van der Waals surface area (Å²) in [6, 6.07) is 18.7. The largest absolute Gasteiger partial charge is 0.289 e. The highest BCUT2D eigenvalue weighted by Crippen LogP contribution is 2.32. The Hall–Kier alpha value is -3.43. The fourth-order valence-corrected chi connectivity index (χ4v) is 3.17.